The molecule has 3 N–H and O–H groups in total. The van der Waals surface area contributed by atoms with Gasteiger partial charge in [-0.3, -0.25) is 0 Å². The molecular weight excluding hydrogens is 360 g/mol. The van der Waals surface area contributed by atoms with Gasteiger partial charge in [0.25, 0.3) is 0 Å². The van der Waals surface area contributed by atoms with Crippen LogP contribution in [-0.4, -0.2) is 32.7 Å². The largest absolute Gasteiger partial charge is 0.494 e. The van der Waals surface area contributed by atoms with Crippen molar-refractivity contribution in [2.75, 3.05) is 12.1 Å². The molecule has 0 atom stereocenters. The molecule has 0 aliphatic heterocycles. The Morgan fingerprint density at radius 1 is 1.22 bits per heavy atom. The maximum absolute atomic E-state index is 5.48. The average molecular weight is 378 g/mol. The molecule has 0 aliphatic carbocycles. The van der Waals surface area contributed by atoms with Gasteiger partial charge in [0.15, 0.2) is 5.82 Å². The number of aromatic nitrogens is 4. The molecule has 0 saturated carbocycles. The summed E-state index contributed by atoms with van der Waals surface area (Å²) in [5, 5.41) is 12.5. The second kappa shape index (κ2) is 7.46. The first kappa shape index (κ1) is 17.0. The van der Waals surface area contributed by atoms with Crippen molar-refractivity contribution in [3.05, 3.63) is 65.1 Å². The Bertz CT molecular complexity index is 1140. The molecule has 2 heterocycles. The van der Waals surface area contributed by atoms with Gasteiger partial charge >= 0.3 is 0 Å². The molecule has 0 radical (unpaired) electrons. The Balaban J connectivity index is 1.58. The number of fused-ring (bicyclic) bond motifs is 1. The highest BCUT2D eigenvalue weighted by molar-refractivity contribution is 7.71. The Morgan fingerprint density at radius 2 is 2.04 bits per heavy atom. The highest BCUT2D eigenvalue weighted by atomic mass is 32.1. The fourth-order valence-corrected chi connectivity index (χ4v) is 2.98. The number of rotatable bonds is 6. The first-order valence-corrected chi connectivity index (χ1v) is 8.93. The number of nitrogens with zero attached hydrogens (tertiary/aromatic N) is 3. The molecule has 0 unspecified atom stereocenters. The van der Waals surface area contributed by atoms with E-state index in [1.165, 1.54) is 0 Å². The van der Waals surface area contributed by atoms with Gasteiger partial charge in [0.1, 0.15) is 5.75 Å². The molecular formula is C19H18N6OS. The summed E-state index contributed by atoms with van der Waals surface area (Å²) in [5.41, 5.74) is 5.88. The summed E-state index contributed by atoms with van der Waals surface area (Å²) in [6.07, 6.45) is 3.66. The fraction of sp³-hybridized carbons (Fsp3) is 0.105. The van der Waals surface area contributed by atoms with Gasteiger partial charge in [-0.05, 0) is 49.5 Å². The summed E-state index contributed by atoms with van der Waals surface area (Å²) >= 11 is 5.31. The van der Waals surface area contributed by atoms with Gasteiger partial charge in [-0.15, -0.1) is 0 Å². The molecule has 4 rings (SSSR count). The molecule has 2 aromatic heterocycles. The second-order valence-corrected chi connectivity index (χ2v) is 6.18. The summed E-state index contributed by atoms with van der Waals surface area (Å²) in [4.78, 5) is 3.22. The van der Waals surface area contributed by atoms with Crippen LogP contribution in [0.15, 0.2) is 59.8 Å². The molecule has 0 aliphatic rings. The summed E-state index contributed by atoms with van der Waals surface area (Å²) < 4.78 is 7.52. The number of hydrazone groups is 1. The number of hydrogen-bond donors (Lipinski definition) is 3. The quantitative estimate of drug-likeness (QED) is 0.268. The summed E-state index contributed by atoms with van der Waals surface area (Å²) in [6.45, 7) is 2.58. The summed E-state index contributed by atoms with van der Waals surface area (Å²) in [7, 11) is 0. The van der Waals surface area contributed by atoms with Crippen LogP contribution >= 0.6 is 12.2 Å². The molecule has 0 spiro atoms. The van der Waals surface area contributed by atoms with E-state index < -0.39 is 0 Å². The summed E-state index contributed by atoms with van der Waals surface area (Å²) in [5.74, 6) is 1.45. The lowest BCUT2D eigenvalue weighted by molar-refractivity contribution is 0.340. The molecule has 27 heavy (non-hydrogen) atoms. The topological polar surface area (TPSA) is 83.0 Å². The average Bonchev–Trinajstić information content (AvgIpc) is 3.27. The number of para-hydroxylation sites is 1. The minimum atomic E-state index is 0.426. The number of ether oxygens (including phenoxy) is 1. The van der Waals surface area contributed by atoms with Crippen LogP contribution in [0.2, 0.25) is 0 Å². The third-order valence-corrected chi connectivity index (χ3v) is 4.35. The van der Waals surface area contributed by atoms with E-state index in [4.69, 9.17) is 17.0 Å². The number of H-pyrrole nitrogens is 2. The maximum atomic E-state index is 5.48. The lowest BCUT2D eigenvalue weighted by Crippen LogP contribution is -2.10. The van der Waals surface area contributed by atoms with E-state index >= 15 is 0 Å². The summed E-state index contributed by atoms with van der Waals surface area (Å²) in [6, 6.07) is 15.7. The van der Waals surface area contributed by atoms with Crippen molar-refractivity contribution < 1.29 is 4.74 Å². The van der Waals surface area contributed by atoms with E-state index in [0.717, 1.165) is 27.8 Å². The van der Waals surface area contributed by atoms with Crippen molar-refractivity contribution in [3.63, 3.8) is 0 Å². The molecule has 7 nitrogen and oxygen atoms in total. The van der Waals surface area contributed by atoms with E-state index in [2.05, 4.69) is 25.8 Å². The first-order chi connectivity index (χ1) is 13.3. The highest BCUT2D eigenvalue weighted by Gasteiger charge is 2.08. The van der Waals surface area contributed by atoms with E-state index in [9.17, 15) is 0 Å². The molecule has 4 aromatic rings. The monoisotopic (exact) mass is 378 g/mol. The normalized spacial score (nSPS) is 11.3. The van der Waals surface area contributed by atoms with Gasteiger partial charge < -0.3 is 9.72 Å². The van der Waals surface area contributed by atoms with Crippen molar-refractivity contribution in [1.82, 2.24) is 19.9 Å². The minimum absolute atomic E-state index is 0.426. The molecule has 136 valence electrons. The van der Waals surface area contributed by atoms with Crippen LogP contribution < -0.4 is 10.3 Å². The van der Waals surface area contributed by atoms with Crippen molar-refractivity contribution in [2.45, 2.75) is 6.92 Å². The zero-order valence-electron chi connectivity index (χ0n) is 14.6. The van der Waals surface area contributed by atoms with Gasteiger partial charge in [0.2, 0.25) is 4.77 Å². The Kier molecular flexibility index (Phi) is 4.71. The number of hydrogen-bond acceptors (Lipinski definition) is 5. The lowest BCUT2D eigenvalue weighted by atomic mass is 10.2. The number of benzene rings is 2. The molecule has 0 fully saturated rings. The SMILES string of the molecule is CCOc1ccc(-c2n[nH]c(=S)n2N/N=C\c2c[nH]c3ccccc23)cc1. The van der Waals surface area contributed by atoms with E-state index in [0.29, 0.717) is 17.2 Å². The van der Waals surface area contributed by atoms with Gasteiger partial charge in [0.05, 0.1) is 12.8 Å². The predicted octanol–water partition coefficient (Wildman–Crippen LogP) is 4.07. The Morgan fingerprint density at radius 3 is 2.85 bits per heavy atom. The van der Waals surface area contributed by atoms with Crippen LogP contribution in [-0.2, 0) is 0 Å². The third-order valence-electron chi connectivity index (χ3n) is 4.08. The zero-order chi connectivity index (χ0) is 18.6. The highest BCUT2D eigenvalue weighted by Crippen LogP contribution is 2.20. The predicted molar refractivity (Wildman–Crippen MR) is 109 cm³/mol. The second-order valence-electron chi connectivity index (χ2n) is 5.79. The van der Waals surface area contributed by atoms with Crippen LogP contribution in [0.25, 0.3) is 22.3 Å². The van der Waals surface area contributed by atoms with Crippen LogP contribution in [0.1, 0.15) is 12.5 Å². The maximum Gasteiger partial charge on any atom is 0.216 e. The Labute approximate surface area is 160 Å². The van der Waals surface area contributed by atoms with E-state index in [1.807, 2.05) is 61.7 Å². The van der Waals surface area contributed by atoms with Gasteiger partial charge in [0, 0.05) is 28.2 Å². The molecule has 0 bridgehead atoms. The fourth-order valence-electron chi connectivity index (χ4n) is 2.81. The minimum Gasteiger partial charge on any atom is -0.494 e. The van der Waals surface area contributed by atoms with Gasteiger partial charge in [-0.1, -0.05) is 18.2 Å². The van der Waals surface area contributed by atoms with Crippen LogP contribution in [0.3, 0.4) is 0 Å². The number of nitrogens with one attached hydrogen (secondary N) is 3. The zero-order valence-corrected chi connectivity index (χ0v) is 15.5. The molecule has 0 amide bonds. The number of aromatic amines is 2. The van der Waals surface area contributed by atoms with Crippen molar-refractivity contribution in [2.24, 2.45) is 5.10 Å². The van der Waals surface area contributed by atoms with Crippen LogP contribution in [0.4, 0.5) is 0 Å². The Hall–Kier alpha value is -3.39. The van der Waals surface area contributed by atoms with Gasteiger partial charge in [-0.25, -0.2) is 10.6 Å². The van der Waals surface area contributed by atoms with E-state index in [-0.39, 0.29) is 0 Å². The first-order valence-electron chi connectivity index (χ1n) is 8.52. The standard InChI is InChI=1S/C19H18N6OS/c1-2-26-15-9-7-13(8-10-15)18-22-23-19(27)25(18)24-21-12-14-11-20-17-6-4-3-5-16(14)17/h3-12,20,24H,2H2,1H3,(H,23,27)/b21-12-. The van der Waals surface area contributed by atoms with Crippen LogP contribution in [0.5, 0.6) is 5.75 Å². The lowest BCUT2D eigenvalue weighted by Gasteiger charge is -2.07. The van der Waals surface area contributed by atoms with Crippen molar-refractivity contribution >= 4 is 29.3 Å². The van der Waals surface area contributed by atoms with Crippen LogP contribution in [0, 0.1) is 4.77 Å². The molecule has 0 saturated heterocycles. The smallest absolute Gasteiger partial charge is 0.216 e. The van der Waals surface area contributed by atoms with Crippen molar-refractivity contribution in [3.8, 4) is 17.1 Å². The molecule has 2 aromatic carbocycles. The molecule has 8 heteroatoms. The third kappa shape index (κ3) is 3.47. The van der Waals surface area contributed by atoms with Gasteiger partial charge in [-0.2, -0.15) is 14.9 Å². The van der Waals surface area contributed by atoms with Crippen molar-refractivity contribution in [1.29, 1.82) is 0 Å². The van der Waals surface area contributed by atoms with E-state index in [1.54, 1.807) is 10.9 Å².